The van der Waals surface area contributed by atoms with Gasteiger partial charge in [0.2, 0.25) is 0 Å². The highest BCUT2D eigenvalue weighted by Gasteiger charge is 2.41. The van der Waals surface area contributed by atoms with Gasteiger partial charge < -0.3 is 39.8 Å². The van der Waals surface area contributed by atoms with Gasteiger partial charge in [-0.05, 0) is 63.8 Å². The van der Waals surface area contributed by atoms with E-state index in [-0.39, 0.29) is 18.0 Å². The van der Waals surface area contributed by atoms with Gasteiger partial charge in [-0.2, -0.15) is 0 Å². The molecule has 0 amide bonds. The molecule has 14 nitrogen and oxygen atoms in total. The van der Waals surface area contributed by atoms with Gasteiger partial charge >= 0.3 is 29.8 Å². The van der Waals surface area contributed by atoms with Crippen molar-refractivity contribution in [3.8, 4) is 0 Å². The summed E-state index contributed by atoms with van der Waals surface area (Å²) < 4.78 is 12.1. The van der Waals surface area contributed by atoms with Gasteiger partial charge in [0.25, 0.3) is 0 Å². The third kappa shape index (κ3) is 9.62. The van der Waals surface area contributed by atoms with Crippen molar-refractivity contribution in [1.29, 1.82) is 0 Å². The summed E-state index contributed by atoms with van der Waals surface area (Å²) in [4.78, 5) is 58.4. The molecule has 1 saturated carbocycles. The lowest BCUT2D eigenvalue weighted by Gasteiger charge is -2.42. The summed E-state index contributed by atoms with van der Waals surface area (Å²) in [6.45, 7) is 6.17. The maximum Gasteiger partial charge on any atom is 0.358 e. The first-order chi connectivity index (χ1) is 18.4. The molecule has 2 fully saturated rings. The Morgan fingerprint density at radius 2 is 1.64 bits per heavy atom. The summed E-state index contributed by atoms with van der Waals surface area (Å²) in [5.74, 6) is -3.77. The predicted octanol–water partition coefficient (Wildman–Crippen LogP) is 0.769. The summed E-state index contributed by atoms with van der Waals surface area (Å²) in [7, 11) is 0. The first kappa shape index (κ1) is 31.7. The number of hydrogen-bond donors (Lipinski definition) is 5. The summed E-state index contributed by atoms with van der Waals surface area (Å²) in [5.41, 5.74) is -2.37. The molecule has 4 atom stereocenters. The summed E-state index contributed by atoms with van der Waals surface area (Å²) >= 11 is 0. The van der Waals surface area contributed by atoms with E-state index < -0.39 is 36.4 Å². The molecule has 0 bridgehead atoms. The number of hydrogen-bond acceptors (Lipinski definition) is 10. The molecule has 0 radical (unpaired) electrons. The van der Waals surface area contributed by atoms with Crippen LogP contribution in [-0.2, 0) is 35.2 Å². The van der Waals surface area contributed by atoms with Crippen molar-refractivity contribution in [3.05, 3.63) is 18.2 Å². The Morgan fingerprint density at radius 1 is 1.00 bits per heavy atom. The second kappa shape index (κ2) is 14.6. The minimum Gasteiger partial charge on any atom is -0.481 e. The molecule has 3 unspecified atom stereocenters. The molecule has 2 heterocycles. The van der Waals surface area contributed by atoms with Gasteiger partial charge in [0.1, 0.15) is 6.04 Å². The first-order valence-corrected chi connectivity index (χ1v) is 12.9. The smallest absolute Gasteiger partial charge is 0.358 e. The Balaban J connectivity index is 0.000000349. The number of rotatable bonds is 11. The number of imidazole rings is 1. The zero-order valence-electron chi connectivity index (χ0n) is 22.1. The first-order valence-electron chi connectivity index (χ1n) is 12.9. The van der Waals surface area contributed by atoms with Crippen LogP contribution >= 0.6 is 0 Å². The molecule has 0 aromatic carbocycles. The van der Waals surface area contributed by atoms with E-state index in [0.717, 1.165) is 25.9 Å². The number of aromatic nitrogens is 2. The molecule has 0 spiro atoms. The summed E-state index contributed by atoms with van der Waals surface area (Å²) in [6.07, 6.45) is 5.50. The zero-order chi connectivity index (χ0) is 29.2. The quantitative estimate of drug-likeness (QED) is 0.239. The van der Waals surface area contributed by atoms with Crippen molar-refractivity contribution >= 4 is 29.8 Å². The van der Waals surface area contributed by atoms with E-state index in [2.05, 4.69) is 10.3 Å². The van der Waals surface area contributed by atoms with Gasteiger partial charge in [0.15, 0.2) is 11.3 Å². The van der Waals surface area contributed by atoms with E-state index >= 15 is 0 Å². The van der Waals surface area contributed by atoms with E-state index in [9.17, 15) is 24.0 Å². The predicted molar refractivity (Wildman–Crippen MR) is 133 cm³/mol. The lowest BCUT2D eigenvalue weighted by molar-refractivity contribution is -0.170. The number of ether oxygens (including phenoxy) is 2. The van der Waals surface area contributed by atoms with E-state index in [1.807, 2.05) is 11.5 Å². The molecule has 2 aliphatic rings. The molecular formula is C25H37N3O11. The van der Waals surface area contributed by atoms with Crippen LogP contribution in [0.25, 0.3) is 0 Å². The number of carboxylic acids is 3. The monoisotopic (exact) mass is 555 g/mol. The normalized spacial score (nSPS) is 22.4. The number of nitrogens with one attached hydrogen (secondary N) is 1. The molecule has 14 heteroatoms. The number of esters is 2. The fourth-order valence-electron chi connectivity index (χ4n) is 5.03. The van der Waals surface area contributed by atoms with Gasteiger partial charge in [0, 0.05) is 12.7 Å². The van der Waals surface area contributed by atoms with E-state index in [4.69, 9.17) is 29.9 Å². The van der Waals surface area contributed by atoms with Crippen molar-refractivity contribution in [2.45, 2.75) is 70.6 Å². The Kier molecular flexibility index (Phi) is 11.9. The van der Waals surface area contributed by atoms with Crippen molar-refractivity contribution < 1.29 is 53.9 Å². The number of fused-ring (bicyclic) bond motifs is 1. The van der Waals surface area contributed by atoms with Gasteiger partial charge in [-0.15, -0.1) is 0 Å². The van der Waals surface area contributed by atoms with Crippen LogP contribution in [0.2, 0.25) is 0 Å². The SMILES string of the molecule is CCOC(=O)c1cn(CC2CCC3CN[C@H](C(=O)OCC)CC3C2)cn1.O=C(O)CC(O)(CC(=O)O)C(=O)O. The maximum absolute atomic E-state index is 12.0. The minimum absolute atomic E-state index is 0.123. The van der Waals surface area contributed by atoms with Crippen molar-refractivity contribution in [2.75, 3.05) is 19.8 Å². The molecule has 218 valence electrons. The third-order valence-electron chi connectivity index (χ3n) is 6.86. The Hall–Kier alpha value is -3.52. The van der Waals surface area contributed by atoms with Crippen LogP contribution < -0.4 is 5.32 Å². The van der Waals surface area contributed by atoms with E-state index in [1.54, 1.807) is 19.4 Å². The molecule has 5 N–H and O–H groups in total. The fraction of sp³-hybridized carbons (Fsp3) is 0.680. The van der Waals surface area contributed by atoms with Crippen LogP contribution in [0, 0.1) is 17.8 Å². The maximum atomic E-state index is 12.0. The molecule has 1 aromatic rings. The zero-order valence-corrected chi connectivity index (χ0v) is 22.1. The number of aliphatic hydroxyl groups is 1. The Labute approximate surface area is 225 Å². The van der Waals surface area contributed by atoms with Crippen molar-refractivity contribution in [1.82, 2.24) is 14.9 Å². The van der Waals surface area contributed by atoms with E-state index in [1.165, 1.54) is 12.8 Å². The highest BCUT2D eigenvalue weighted by Crippen LogP contribution is 2.39. The van der Waals surface area contributed by atoms with Crippen LogP contribution in [0.15, 0.2) is 12.5 Å². The second-order valence-corrected chi connectivity index (χ2v) is 9.80. The number of carbonyl (C=O) groups is 5. The van der Waals surface area contributed by atoms with Crippen LogP contribution in [0.4, 0.5) is 0 Å². The largest absolute Gasteiger partial charge is 0.481 e. The minimum atomic E-state index is -2.74. The summed E-state index contributed by atoms with van der Waals surface area (Å²) in [5, 5.41) is 37.2. The van der Waals surface area contributed by atoms with Crippen LogP contribution in [0.1, 0.15) is 62.9 Å². The lowest BCUT2D eigenvalue weighted by atomic mass is 9.69. The van der Waals surface area contributed by atoms with Gasteiger partial charge in [-0.25, -0.2) is 14.6 Å². The summed E-state index contributed by atoms with van der Waals surface area (Å²) in [6, 6.07) is -0.168. The highest BCUT2D eigenvalue weighted by atomic mass is 16.5. The van der Waals surface area contributed by atoms with Crippen molar-refractivity contribution in [2.24, 2.45) is 17.8 Å². The number of carbonyl (C=O) groups excluding carboxylic acids is 2. The van der Waals surface area contributed by atoms with Crippen molar-refractivity contribution in [3.63, 3.8) is 0 Å². The fourth-order valence-corrected chi connectivity index (χ4v) is 5.03. The number of aliphatic carboxylic acids is 3. The Bertz CT molecular complexity index is 1010. The van der Waals surface area contributed by atoms with Crippen LogP contribution in [-0.4, -0.2) is 91.2 Å². The highest BCUT2D eigenvalue weighted by molar-refractivity contribution is 5.88. The molecule has 1 aromatic heterocycles. The Morgan fingerprint density at radius 3 is 2.21 bits per heavy atom. The average molecular weight is 556 g/mol. The topological polar surface area (TPSA) is 215 Å². The van der Waals surface area contributed by atoms with E-state index in [0.29, 0.717) is 36.7 Å². The third-order valence-corrected chi connectivity index (χ3v) is 6.86. The number of nitrogens with zero attached hydrogens (tertiary/aromatic N) is 2. The van der Waals surface area contributed by atoms with Gasteiger partial charge in [-0.3, -0.25) is 14.4 Å². The second-order valence-electron chi connectivity index (χ2n) is 9.80. The molecule has 3 rings (SSSR count). The van der Waals surface area contributed by atoms with Gasteiger partial charge in [-0.1, -0.05) is 0 Å². The molecule has 39 heavy (non-hydrogen) atoms. The molecular weight excluding hydrogens is 518 g/mol. The lowest BCUT2D eigenvalue weighted by Crippen LogP contribution is -2.50. The molecule has 1 aliphatic heterocycles. The standard InChI is InChI=1S/C19H29N3O4.C6H8O7/c1-3-25-18(23)16-8-15-7-13(5-6-14(15)9-20-16)10-22-11-17(21-12-22)19(24)26-4-2;7-3(8)1-6(13,5(11)12)2-4(9)10/h11-16,20H,3-10H2,1-2H3;13H,1-2H2,(H,7,8)(H,9,10)(H,11,12)/t13?,14?,15?,16-;/m0./s1. The molecule has 1 aliphatic carbocycles. The average Bonchev–Trinajstić information content (AvgIpc) is 3.32. The van der Waals surface area contributed by atoms with Gasteiger partial charge in [0.05, 0.1) is 32.4 Å². The molecule has 1 saturated heterocycles. The van der Waals surface area contributed by atoms with Crippen LogP contribution in [0.3, 0.4) is 0 Å². The van der Waals surface area contributed by atoms with Crippen LogP contribution in [0.5, 0.6) is 0 Å². The number of piperidine rings is 1. The number of carboxylic acid groups (broad SMARTS) is 3.